The lowest BCUT2D eigenvalue weighted by molar-refractivity contribution is 0.0591. The lowest BCUT2D eigenvalue weighted by Crippen LogP contribution is -2.50. The summed E-state index contributed by atoms with van der Waals surface area (Å²) in [6, 6.07) is 30.7. The average Bonchev–Trinajstić information content (AvgIpc) is 3.44. The van der Waals surface area contributed by atoms with Gasteiger partial charge in [0.25, 0.3) is 5.91 Å². The fourth-order valence-electron chi connectivity index (χ4n) is 5.44. The van der Waals surface area contributed by atoms with Crippen molar-refractivity contribution in [3.8, 4) is 11.3 Å². The van der Waals surface area contributed by atoms with Gasteiger partial charge in [0.1, 0.15) is 0 Å². The Morgan fingerprint density at radius 1 is 0.900 bits per heavy atom. The maximum Gasteiger partial charge on any atom is 0.257 e. The number of ether oxygens (including phenoxy) is 1. The first kappa shape index (κ1) is 26.2. The fraction of sp³-hybridized carbons (Fsp3) is 0.219. The molecule has 0 bridgehead atoms. The third-order valence-corrected chi connectivity index (χ3v) is 7.68. The van der Waals surface area contributed by atoms with Crippen molar-refractivity contribution >= 4 is 23.2 Å². The molecular weight excluding hydrogens is 522 g/mol. The molecule has 1 aliphatic rings. The van der Waals surface area contributed by atoms with E-state index in [1.165, 1.54) is 11.1 Å². The van der Waals surface area contributed by atoms with Gasteiger partial charge in [-0.2, -0.15) is 5.10 Å². The van der Waals surface area contributed by atoms with Crippen molar-refractivity contribution in [3.63, 3.8) is 0 Å². The number of nitrogens with zero attached hydrogens (tertiary/aromatic N) is 5. The lowest BCUT2D eigenvalue weighted by Gasteiger charge is -2.40. The monoisotopic (exact) mass is 551 g/mol. The van der Waals surface area contributed by atoms with Crippen LogP contribution in [0.4, 0.5) is 0 Å². The van der Waals surface area contributed by atoms with E-state index in [1.807, 2.05) is 47.4 Å². The molecule has 40 heavy (non-hydrogen) atoms. The topological polar surface area (TPSA) is 63.0 Å². The maximum absolute atomic E-state index is 13.8. The fourth-order valence-corrected chi connectivity index (χ4v) is 5.56. The van der Waals surface area contributed by atoms with Crippen molar-refractivity contribution in [1.29, 1.82) is 0 Å². The number of benzene rings is 3. The molecule has 0 aliphatic carbocycles. The maximum atomic E-state index is 13.8. The third kappa shape index (κ3) is 5.23. The first-order chi connectivity index (χ1) is 19.6. The molecule has 1 fully saturated rings. The summed E-state index contributed by atoms with van der Waals surface area (Å²) in [6.07, 6.45) is 1.66. The minimum absolute atomic E-state index is 0.0550. The van der Waals surface area contributed by atoms with Gasteiger partial charge < -0.3 is 9.64 Å². The van der Waals surface area contributed by atoms with Crippen LogP contribution in [0.1, 0.15) is 33.2 Å². The molecule has 0 unspecified atom stereocenters. The molecule has 3 aromatic carbocycles. The minimum Gasteiger partial charge on any atom is -0.378 e. The standard InChI is InChI=1S/C32H30ClN5O2/c1-40-22-29-27(21-34-30-20-28(35-38(29)30)23-12-14-26(33)15-13-23)32(39)37-18-16-36(17-19-37)31(24-8-4-2-5-9-24)25-10-6-3-7-11-25/h2-15,20-21,31H,16-19,22H2,1H3. The van der Waals surface area contributed by atoms with Gasteiger partial charge in [-0.3, -0.25) is 9.69 Å². The zero-order chi connectivity index (χ0) is 27.5. The Morgan fingerprint density at radius 3 is 2.12 bits per heavy atom. The summed E-state index contributed by atoms with van der Waals surface area (Å²) < 4.78 is 7.23. The van der Waals surface area contributed by atoms with E-state index in [2.05, 4.69) is 58.4 Å². The van der Waals surface area contributed by atoms with Gasteiger partial charge in [0.05, 0.1) is 29.6 Å². The average molecular weight is 552 g/mol. The number of methoxy groups -OCH3 is 1. The van der Waals surface area contributed by atoms with E-state index in [1.54, 1.807) is 17.8 Å². The zero-order valence-electron chi connectivity index (χ0n) is 22.3. The summed E-state index contributed by atoms with van der Waals surface area (Å²) in [6.45, 7) is 3.00. The summed E-state index contributed by atoms with van der Waals surface area (Å²) in [5, 5.41) is 5.44. The zero-order valence-corrected chi connectivity index (χ0v) is 23.0. The number of carbonyl (C=O) groups excluding carboxylic acids is 1. The van der Waals surface area contributed by atoms with E-state index in [9.17, 15) is 4.79 Å². The first-order valence-electron chi connectivity index (χ1n) is 13.4. The van der Waals surface area contributed by atoms with Crippen molar-refractivity contribution in [1.82, 2.24) is 24.4 Å². The van der Waals surface area contributed by atoms with E-state index in [4.69, 9.17) is 21.4 Å². The number of halogens is 1. The normalized spacial score (nSPS) is 14.2. The highest BCUT2D eigenvalue weighted by Crippen LogP contribution is 2.30. The molecule has 0 N–H and O–H groups in total. The highest BCUT2D eigenvalue weighted by Gasteiger charge is 2.30. The molecule has 6 rings (SSSR count). The molecule has 5 aromatic rings. The molecule has 3 heterocycles. The summed E-state index contributed by atoms with van der Waals surface area (Å²) >= 11 is 6.06. The second-order valence-electron chi connectivity index (χ2n) is 9.91. The number of carbonyl (C=O) groups is 1. The van der Waals surface area contributed by atoms with Gasteiger partial charge in [0.15, 0.2) is 5.65 Å². The Bertz CT molecular complexity index is 1560. The predicted octanol–water partition coefficient (Wildman–Crippen LogP) is 5.74. The Morgan fingerprint density at radius 2 is 1.52 bits per heavy atom. The quantitative estimate of drug-likeness (QED) is 0.258. The predicted molar refractivity (Wildman–Crippen MR) is 156 cm³/mol. The van der Waals surface area contributed by atoms with E-state index < -0.39 is 0 Å². The smallest absolute Gasteiger partial charge is 0.257 e. The van der Waals surface area contributed by atoms with Crippen LogP contribution in [-0.2, 0) is 11.3 Å². The van der Waals surface area contributed by atoms with Crippen LogP contribution in [0.3, 0.4) is 0 Å². The Hall–Kier alpha value is -4.04. The Kier molecular flexibility index (Phi) is 7.60. The number of hydrogen-bond acceptors (Lipinski definition) is 5. The second-order valence-corrected chi connectivity index (χ2v) is 10.3. The number of piperazine rings is 1. The molecule has 2 aromatic heterocycles. The van der Waals surface area contributed by atoms with Crippen LogP contribution in [0.5, 0.6) is 0 Å². The third-order valence-electron chi connectivity index (χ3n) is 7.43. The van der Waals surface area contributed by atoms with Crippen LogP contribution in [-0.4, -0.2) is 63.6 Å². The van der Waals surface area contributed by atoms with Gasteiger partial charge in [0.2, 0.25) is 0 Å². The van der Waals surface area contributed by atoms with E-state index in [-0.39, 0.29) is 18.6 Å². The van der Waals surface area contributed by atoms with Crippen LogP contribution < -0.4 is 0 Å². The van der Waals surface area contributed by atoms with Gasteiger partial charge in [-0.15, -0.1) is 0 Å². The van der Waals surface area contributed by atoms with Gasteiger partial charge in [-0.05, 0) is 23.3 Å². The first-order valence-corrected chi connectivity index (χ1v) is 13.8. The molecular formula is C32H30ClN5O2. The van der Waals surface area contributed by atoms with Gasteiger partial charge in [-0.1, -0.05) is 84.4 Å². The van der Waals surface area contributed by atoms with Crippen molar-refractivity contribution in [2.75, 3.05) is 33.3 Å². The van der Waals surface area contributed by atoms with E-state index in [0.717, 1.165) is 24.3 Å². The van der Waals surface area contributed by atoms with Gasteiger partial charge >= 0.3 is 0 Å². The van der Waals surface area contributed by atoms with Crippen LogP contribution in [0.2, 0.25) is 5.02 Å². The Labute approximate surface area is 238 Å². The van der Waals surface area contributed by atoms with Crippen LogP contribution in [0, 0.1) is 0 Å². The number of amides is 1. The summed E-state index contributed by atoms with van der Waals surface area (Å²) in [4.78, 5) is 22.8. The number of aromatic nitrogens is 3. The van der Waals surface area contributed by atoms with E-state index in [0.29, 0.717) is 35.0 Å². The molecule has 1 saturated heterocycles. The van der Waals surface area contributed by atoms with Crippen LogP contribution in [0.15, 0.2) is 97.2 Å². The number of rotatable bonds is 7. The number of hydrogen-bond donors (Lipinski definition) is 0. The van der Waals surface area contributed by atoms with Crippen LogP contribution >= 0.6 is 11.6 Å². The van der Waals surface area contributed by atoms with Crippen molar-refractivity contribution in [3.05, 3.63) is 125 Å². The Balaban J connectivity index is 1.25. The summed E-state index contributed by atoms with van der Waals surface area (Å²) in [5.41, 5.74) is 6.04. The summed E-state index contributed by atoms with van der Waals surface area (Å²) in [7, 11) is 1.62. The van der Waals surface area contributed by atoms with Crippen molar-refractivity contribution in [2.24, 2.45) is 0 Å². The summed E-state index contributed by atoms with van der Waals surface area (Å²) in [5.74, 6) is -0.0550. The second kappa shape index (κ2) is 11.6. The largest absolute Gasteiger partial charge is 0.378 e. The van der Waals surface area contributed by atoms with Crippen molar-refractivity contribution in [2.45, 2.75) is 12.6 Å². The van der Waals surface area contributed by atoms with Crippen molar-refractivity contribution < 1.29 is 9.53 Å². The minimum atomic E-state index is -0.0550. The SMILES string of the molecule is COCc1c(C(=O)N2CCN(C(c3ccccc3)c3ccccc3)CC2)cnc2cc(-c3ccc(Cl)cc3)nn12. The molecule has 202 valence electrons. The molecule has 0 radical (unpaired) electrons. The molecule has 7 nitrogen and oxygen atoms in total. The molecule has 0 spiro atoms. The van der Waals surface area contributed by atoms with E-state index >= 15 is 0 Å². The lowest BCUT2D eigenvalue weighted by atomic mass is 9.96. The van der Waals surface area contributed by atoms with Crippen LogP contribution in [0.25, 0.3) is 16.9 Å². The number of fused-ring (bicyclic) bond motifs is 1. The molecule has 1 aliphatic heterocycles. The molecule has 0 atom stereocenters. The highest BCUT2D eigenvalue weighted by atomic mass is 35.5. The molecule has 8 heteroatoms. The molecule has 1 amide bonds. The molecule has 0 saturated carbocycles. The van der Waals surface area contributed by atoms with Gasteiger partial charge in [0, 0.05) is 56.1 Å². The highest BCUT2D eigenvalue weighted by molar-refractivity contribution is 6.30. The van der Waals surface area contributed by atoms with Gasteiger partial charge in [-0.25, -0.2) is 9.50 Å².